The predicted molar refractivity (Wildman–Crippen MR) is 62.2 cm³/mol. The number of ether oxygens (including phenoxy) is 1. The normalized spacial score (nSPS) is 9.76. The molecule has 1 aromatic rings. The minimum Gasteiger partial charge on any atom is -0.493 e. The lowest BCUT2D eigenvalue weighted by Gasteiger charge is -2.10. The Morgan fingerprint density at radius 1 is 1.24 bits per heavy atom. The molecule has 17 heavy (non-hydrogen) atoms. The van der Waals surface area contributed by atoms with Crippen molar-refractivity contribution in [3.8, 4) is 5.75 Å². The Balaban J connectivity index is 2.42. The number of hydrogen-bond donors (Lipinski definition) is 1. The Labute approximate surface area is 99.6 Å². The molecule has 0 heterocycles. The number of amides is 1. The van der Waals surface area contributed by atoms with Crippen LogP contribution in [0.4, 0.5) is 0 Å². The van der Waals surface area contributed by atoms with Gasteiger partial charge in [0.1, 0.15) is 5.75 Å². The van der Waals surface area contributed by atoms with Gasteiger partial charge in [-0.2, -0.15) is 0 Å². The number of hydrogen-bond acceptors (Lipinski definition) is 3. The zero-order valence-electron chi connectivity index (χ0n) is 9.84. The number of carboxylic acids is 1. The molecule has 0 aliphatic rings. The number of carbonyl (C=O) groups is 2. The Morgan fingerprint density at radius 2 is 1.82 bits per heavy atom. The van der Waals surface area contributed by atoms with Gasteiger partial charge in [0.05, 0.1) is 18.6 Å². The molecule has 0 saturated heterocycles. The summed E-state index contributed by atoms with van der Waals surface area (Å²) in [5.41, 5.74) is 0.210. The molecule has 0 aromatic heterocycles. The molecule has 0 fully saturated rings. The van der Waals surface area contributed by atoms with E-state index < -0.39 is 5.97 Å². The molecular weight excluding hydrogens is 222 g/mol. The first kappa shape index (κ1) is 13.0. The van der Waals surface area contributed by atoms with Crippen molar-refractivity contribution in [2.45, 2.75) is 6.42 Å². The van der Waals surface area contributed by atoms with Crippen molar-refractivity contribution in [1.82, 2.24) is 4.90 Å². The average molecular weight is 237 g/mol. The van der Waals surface area contributed by atoms with E-state index in [0.717, 1.165) is 0 Å². The smallest absolute Gasteiger partial charge is 0.335 e. The number of aromatic carboxylic acids is 1. The fraction of sp³-hybridized carbons (Fsp3) is 0.333. The van der Waals surface area contributed by atoms with Gasteiger partial charge in [0.2, 0.25) is 5.91 Å². The van der Waals surface area contributed by atoms with Crippen LogP contribution in [0.25, 0.3) is 0 Å². The fourth-order valence-corrected chi connectivity index (χ4v) is 1.17. The zero-order chi connectivity index (χ0) is 12.8. The molecule has 5 nitrogen and oxygen atoms in total. The first-order valence-electron chi connectivity index (χ1n) is 5.17. The summed E-state index contributed by atoms with van der Waals surface area (Å²) in [4.78, 5) is 23.3. The van der Waals surface area contributed by atoms with E-state index in [-0.39, 0.29) is 18.1 Å². The largest absolute Gasteiger partial charge is 0.493 e. The van der Waals surface area contributed by atoms with Crippen LogP contribution < -0.4 is 4.74 Å². The van der Waals surface area contributed by atoms with Crippen molar-refractivity contribution in [3.63, 3.8) is 0 Å². The van der Waals surface area contributed by atoms with Gasteiger partial charge in [0.25, 0.3) is 0 Å². The SMILES string of the molecule is CN(C)C(=O)CCOc1ccc(C(=O)O)cc1. The van der Waals surface area contributed by atoms with Crippen LogP contribution in [0.3, 0.4) is 0 Å². The van der Waals surface area contributed by atoms with E-state index in [1.807, 2.05) is 0 Å². The molecule has 1 amide bonds. The third-order valence-electron chi connectivity index (χ3n) is 2.18. The summed E-state index contributed by atoms with van der Waals surface area (Å²) >= 11 is 0. The van der Waals surface area contributed by atoms with Crippen LogP contribution in [0, 0.1) is 0 Å². The maximum atomic E-state index is 11.2. The van der Waals surface area contributed by atoms with Crippen LogP contribution in [-0.2, 0) is 4.79 Å². The van der Waals surface area contributed by atoms with Gasteiger partial charge in [-0.05, 0) is 24.3 Å². The van der Waals surface area contributed by atoms with E-state index >= 15 is 0 Å². The fourth-order valence-electron chi connectivity index (χ4n) is 1.17. The lowest BCUT2D eigenvalue weighted by atomic mass is 10.2. The molecule has 0 aliphatic heterocycles. The first-order valence-corrected chi connectivity index (χ1v) is 5.17. The minimum atomic E-state index is -0.973. The number of carbonyl (C=O) groups excluding carboxylic acids is 1. The van der Waals surface area contributed by atoms with Crippen LogP contribution in [0.15, 0.2) is 24.3 Å². The van der Waals surface area contributed by atoms with E-state index in [0.29, 0.717) is 12.2 Å². The zero-order valence-corrected chi connectivity index (χ0v) is 9.84. The summed E-state index contributed by atoms with van der Waals surface area (Å²) in [7, 11) is 3.37. The van der Waals surface area contributed by atoms with Crippen molar-refractivity contribution in [1.29, 1.82) is 0 Å². The lowest BCUT2D eigenvalue weighted by Crippen LogP contribution is -2.23. The van der Waals surface area contributed by atoms with Crippen molar-refractivity contribution in [2.75, 3.05) is 20.7 Å². The molecule has 1 N–H and O–H groups in total. The summed E-state index contributed by atoms with van der Waals surface area (Å²) < 4.78 is 5.32. The van der Waals surface area contributed by atoms with Crippen molar-refractivity contribution < 1.29 is 19.4 Å². The topological polar surface area (TPSA) is 66.8 Å². The number of carboxylic acid groups (broad SMARTS) is 1. The molecule has 0 spiro atoms. The third kappa shape index (κ3) is 4.14. The average Bonchev–Trinajstić information content (AvgIpc) is 2.29. The molecule has 1 rings (SSSR count). The maximum Gasteiger partial charge on any atom is 0.335 e. The second kappa shape index (κ2) is 5.89. The van der Waals surface area contributed by atoms with Gasteiger partial charge in [-0.25, -0.2) is 4.79 Å². The second-order valence-electron chi connectivity index (χ2n) is 3.72. The third-order valence-corrected chi connectivity index (χ3v) is 2.18. The molecular formula is C12H15NO4. The van der Waals surface area contributed by atoms with E-state index in [1.165, 1.54) is 17.0 Å². The highest BCUT2D eigenvalue weighted by Crippen LogP contribution is 2.12. The van der Waals surface area contributed by atoms with E-state index in [9.17, 15) is 9.59 Å². The van der Waals surface area contributed by atoms with E-state index in [4.69, 9.17) is 9.84 Å². The highest BCUT2D eigenvalue weighted by molar-refractivity contribution is 5.87. The van der Waals surface area contributed by atoms with Crippen LogP contribution >= 0.6 is 0 Å². The molecule has 0 aliphatic carbocycles. The second-order valence-corrected chi connectivity index (χ2v) is 3.72. The lowest BCUT2D eigenvalue weighted by molar-refractivity contribution is -0.129. The van der Waals surface area contributed by atoms with Crippen LogP contribution in [0.5, 0.6) is 5.75 Å². The van der Waals surface area contributed by atoms with Gasteiger partial charge in [-0.3, -0.25) is 4.79 Å². The van der Waals surface area contributed by atoms with E-state index in [2.05, 4.69) is 0 Å². The highest BCUT2D eigenvalue weighted by Gasteiger charge is 2.05. The Bertz CT molecular complexity index is 397. The maximum absolute atomic E-state index is 11.2. The highest BCUT2D eigenvalue weighted by atomic mass is 16.5. The summed E-state index contributed by atoms with van der Waals surface area (Å²) in [6, 6.07) is 6.07. The van der Waals surface area contributed by atoms with Gasteiger partial charge in [-0.15, -0.1) is 0 Å². The van der Waals surface area contributed by atoms with Crippen LogP contribution in [0.2, 0.25) is 0 Å². The van der Waals surface area contributed by atoms with Crippen LogP contribution in [-0.4, -0.2) is 42.6 Å². The number of rotatable bonds is 5. The standard InChI is InChI=1S/C12H15NO4/c1-13(2)11(14)7-8-17-10-5-3-9(4-6-10)12(15)16/h3-6H,7-8H2,1-2H3,(H,15,16). The van der Waals surface area contributed by atoms with Crippen molar-refractivity contribution in [3.05, 3.63) is 29.8 Å². The molecule has 5 heteroatoms. The molecule has 0 saturated carbocycles. The predicted octanol–water partition coefficient (Wildman–Crippen LogP) is 1.24. The molecule has 0 atom stereocenters. The van der Waals surface area contributed by atoms with Crippen molar-refractivity contribution in [2.24, 2.45) is 0 Å². The van der Waals surface area contributed by atoms with Gasteiger partial charge < -0.3 is 14.7 Å². The summed E-state index contributed by atoms with van der Waals surface area (Å²) in [5.74, 6) is -0.423. The molecule has 0 radical (unpaired) electrons. The monoisotopic (exact) mass is 237 g/mol. The van der Waals surface area contributed by atoms with E-state index in [1.54, 1.807) is 26.2 Å². The molecule has 92 valence electrons. The Hall–Kier alpha value is -2.04. The minimum absolute atomic E-state index is 0.00726. The van der Waals surface area contributed by atoms with Gasteiger partial charge in [0, 0.05) is 14.1 Å². The van der Waals surface area contributed by atoms with Crippen molar-refractivity contribution >= 4 is 11.9 Å². The summed E-state index contributed by atoms with van der Waals surface area (Å²) in [6.45, 7) is 0.281. The summed E-state index contributed by atoms with van der Waals surface area (Å²) in [5, 5.41) is 8.69. The quantitative estimate of drug-likeness (QED) is 0.836. The molecule has 1 aromatic carbocycles. The number of benzene rings is 1. The van der Waals surface area contributed by atoms with Gasteiger partial charge in [-0.1, -0.05) is 0 Å². The Kier molecular flexibility index (Phi) is 4.51. The first-order chi connectivity index (χ1) is 8.00. The summed E-state index contributed by atoms with van der Waals surface area (Å²) in [6.07, 6.45) is 0.299. The molecule has 0 bridgehead atoms. The molecule has 0 unspecified atom stereocenters. The number of nitrogens with zero attached hydrogens (tertiary/aromatic N) is 1. The Morgan fingerprint density at radius 3 is 2.29 bits per heavy atom. The van der Waals surface area contributed by atoms with Gasteiger partial charge in [0.15, 0.2) is 0 Å². The van der Waals surface area contributed by atoms with Crippen LogP contribution in [0.1, 0.15) is 16.8 Å². The van der Waals surface area contributed by atoms with Gasteiger partial charge >= 0.3 is 5.97 Å².